The fourth-order valence-electron chi connectivity index (χ4n) is 3.03. The summed E-state index contributed by atoms with van der Waals surface area (Å²) >= 11 is 0. The zero-order chi connectivity index (χ0) is 12.7. The van der Waals surface area contributed by atoms with Crippen LogP contribution in [0, 0.1) is 11.3 Å². The first-order chi connectivity index (χ1) is 7.82. The van der Waals surface area contributed by atoms with Crippen LogP contribution in [-0.2, 0) is 13.5 Å². The maximum Gasteiger partial charge on any atom is 0.111 e. The molecule has 0 aliphatic heterocycles. The van der Waals surface area contributed by atoms with Crippen LogP contribution in [0.15, 0.2) is 12.4 Å². The Hall–Kier alpha value is -0.830. The molecule has 0 aromatic carbocycles. The topological polar surface area (TPSA) is 38.1 Å². The first kappa shape index (κ1) is 12.6. The highest BCUT2D eigenvalue weighted by molar-refractivity contribution is 5.03. The fraction of sp³-hybridized carbons (Fsp3) is 0.786. The smallest absolute Gasteiger partial charge is 0.111 e. The van der Waals surface area contributed by atoms with E-state index < -0.39 is 5.60 Å². The summed E-state index contributed by atoms with van der Waals surface area (Å²) in [5.41, 5.74) is -0.206. The molecule has 0 spiro atoms. The lowest BCUT2D eigenvalue weighted by atomic mass is 9.64. The van der Waals surface area contributed by atoms with E-state index >= 15 is 0 Å². The maximum atomic E-state index is 10.8. The molecule has 2 unspecified atom stereocenters. The highest BCUT2D eigenvalue weighted by atomic mass is 16.3. The average molecular weight is 236 g/mol. The first-order valence-corrected chi connectivity index (χ1v) is 6.51. The van der Waals surface area contributed by atoms with Gasteiger partial charge in [-0.15, -0.1) is 0 Å². The van der Waals surface area contributed by atoms with E-state index in [1.54, 1.807) is 6.20 Å². The molecule has 3 nitrogen and oxygen atoms in total. The Morgan fingerprint density at radius 2 is 2.18 bits per heavy atom. The van der Waals surface area contributed by atoms with Crippen LogP contribution < -0.4 is 0 Å². The number of imidazole rings is 1. The molecular weight excluding hydrogens is 212 g/mol. The molecule has 96 valence electrons. The summed E-state index contributed by atoms with van der Waals surface area (Å²) in [5.74, 6) is 1.32. The first-order valence-electron chi connectivity index (χ1n) is 6.51. The van der Waals surface area contributed by atoms with Crippen LogP contribution in [0.1, 0.15) is 45.9 Å². The van der Waals surface area contributed by atoms with Gasteiger partial charge in [-0.05, 0) is 30.6 Å². The summed E-state index contributed by atoms with van der Waals surface area (Å²) in [4.78, 5) is 4.33. The largest absolute Gasteiger partial charge is 0.389 e. The molecule has 1 aromatic heterocycles. The van der Waals surface area contributed by atoms with Gasteiger partial charge >= 0.3 is 0 Å². The highest BCUT2D eigenvalue weighted by Gasteiger charge is 2.42. The Balaban J connectivity index is 2.12. The lowest BCUT2D eigenvalue weighted by Crippen LogP contribution is -2.46. The Labute approximate surface area is 104 Å². The molecule has 1 aliphatic rings. The number of aryl methyl sites for hydroxylation is 1. The van der Waals surface area contributed by atoms with Gasteiger partial charge in [-0.25, -0.2) is 4.98 Å². The lowest BCUT2D eigenvalue weighted by Gasteiger charge is -2.45. The maximum absolute atomic E-state index is 10.8. The molecule has 17 heavy (non-hydrogen) atoms. The second-order valence-corrected chi connectivity index (χ2v) is 6.50. The van der Waals surface area contributed by atoms with E-state index in [9.17, 15) is 5.11 Å². The van der Waals surface area contributed by atoms with Crippen molar-refractivity contribution in [2.45, 2.75) is 52.1 Å². The van der Waals surface area contributed by atoms with Gasteiger partial charge in [-0.2, -0.15) is 0 Å². The third-order valence-electron chi connectivity index (χ3n) is 4.40. The minimum atomic E-state index is -0.575. The van der Waals surface area contributed by atoms with Crippen LogP contribution in [-0.4, -0.2) is 20.3 Å². The Kier molecular flexibility index (Phi) is 3.06. The molecule has 1 fully saturated rings. The fourth-order valence-corrected chi connectivity index (χ4v) is 3.03. The van der Waals surface area contributed by atoms with E-state index in [-0.39, 0.29) is 0 Å². The monoisotopic (exact) mass is 236 g/mol. The van der Waals surface area contributed by atoms with Crippen molar-refractivity contribution in [3.63, 3.8) is 0 Å². The van der Waals surface area contributed by atoms with Crippen molar-refractivity contribution >= 4 is 0 Å². The van der Waals surface area contributed by atoms with E-state index in [0.717, 1.165) is 25.1 Å². The third kappa shape index (κ3) is 2.54. The average Bonchev–Trinajstić information content (AvgIpc) is 2.59. The van der Waals surface area contributed by atoms with Gasteiger partial charge in [0.2, 0.25) is 0 Å². The van der Waals surface area contributed by atoms with Gasteiger partial charge < -0.3 is 9.67 Å². The number of aromatic nitrogens is 2. The molecule has 2 atom stereocenters. The van der Waals surface area contributed by atoms with Crippen molar-refractivity contribution in [3.05, 3.63) is 18.2 Å². The van der Waals surface area contributed by atoms with E-state index in [1.807, 2.05) is 17.8 Å². The molecular formula is C14H24N2O. The van der Waals surface area contributed by atoms with Crippen LogP contribution in [0.5, 0.6) is 0 Å². The van der Waals surface area contributed by atoms with Gasteiger partial charge in [0.25, 0.3) is 0 Å². The van der Waals surface area contributed by atoms with Crippen molar-refractivity contribution in [1.82, 2.24) is 9.55 Å². The Morgan fingerprint density at radius 3 is 2.71 bits per heavy atom. The minimum Gasteiger partial charge on any atom is -0.389 e. The third-order valence-corrected chi connectivity index (χ3v) is 4.40. The number of hydrogen-bond acceptors (Lipinski definition) is 2. The quantitative estimate of drug-likeness (QED) is 0.857. The van der Waals surface area contributed by atoms with E-state index in [0.29, 0.717) is 17.8 Å². The van der Waals surface area contributed by atoms with E-state index in [1.165, 1.54) is 0 Å². The molecule has 0 radical (unpaired) electrons. The van der Waals surface area contributed by atoms with Gasteiger partial charge in [0, 0.05) is 25.9 Å². The van der Waals surface area contributed by atoms with Crippen LogP contribution in [0.3, 0.4) is 0 Å². The van der Waals surface area contributed by atoms with Crippen molar-refractivity contribution in [1.29, 1.82) is 0 Å². The zero-order valence-electron chi connectivity index (χ0n) is 11.4. The number of aliphatic hydroxyl groups is 1. The van der Waals surface area contributed by atoms with E-state index in [2.05, 4.69) is 25.8 Å². The highest BCUT2D eigenvalue weighted by Crippen LogP contribution is 2.44. The standard InChI is InChI=1S/C14H24N2O/c1-11-9-13(2,3)5-6-14(11,17)10-12-15-7-8-16(12)4/h7-8,11,17H,5-6,9-10H2,1-4H3. The second kappa shape index (κ2) is 4.13. The Bertz CT molecular complexity index is 397. The zero-order valence-corrected chi connectivity index (χ0v) is 11.4. The summed E-state index contributed by atoms with van der Waals surface area (Å²) in [6.45, 7) is 6.76. The molecule has 2 rings (SSSR count). The van der Waals surface area contributed by atoms with Gasteiger partial charge in [0.1, 0.15) is 5.82 Å². The molecule has 0 amide bonds. The molecule has 1 aliphatic carbocycles. The van der Waals surface area contributed by atoms with Gasteiger partial charge in [-0.3, -0.25) is 0 Å². The molecule has 3 heteroatoms. The van der Waals surface area contributed by atoms with Crippen molar-refractivity contribution in [2.24, 2.45) is 18.4 Å². The minimum absolute atomic E-state index is 0.336. The van der Waals surface area contributed by atoms with Gasteiger partial charge in [-0.1, -0.05) is 20.8 Å². The number of rotatable bonds is 2. The van der Waals surface area contributed by atoms with Crippen molar-refractivity contribution in [2.75, 3.05) is 0 Å². The molecule has 1 N–H and O–H groups in total. The number of hydrogen-bond donors (Lipinski definition) is 1. The molecule has 1 aromatic rings. The molecule has 0 saturated heterocycles. The summed E-state index contributed by atoms with van der Waals surface area (Å²) < 4.78 is 2.00. The lowest BCUT2D eigenvalue weighted by molar-refractivity contribution is -0.0719. The van der Waals surface area contributed by atoms with Crippen LogP contribution in [0.2, 0.25) is 0 Å². The molecule has 0 bridgehead atoms. The van der Waals surface area contributed by atoms with Crippen molar-refractivity contribution in [3.8, 4) is 0 Å². The van der Waals surface area contributed by atoms with Gasteiger partial charge in [0.05, 0.1) is 5.60 Å². The van der Waals surface area contributed by atoms with E-state index in [4.69, 9.17) is 0 Å². The van der Waals surface area contributed by atoms with Crippen molar-refractivity contribution < 1.29 is 5.11 Å². The summed E-state index contributed by atoms with van der Waals surface area (Å²) in [7, 11) is 1.99. The summed E-state index contributed by atoms with van der Waals surface area (Å²) in [5, 5.41) is 10.8. The molecule has 1 saturated carbocycles. The van der Waals surface area contributed by atoms with Crippen LogP contribution in [0.25, 0.3) is 0 Å². The predicted octanol–water partition coefficient (Wildman–Crippen LogP) is 2.54. The second-order valence-electron chi connectivity index (χ2n) is 6.50. The van der Waals surface area contributed by atoms with Crippen LogP contribution >= 0.6 is 0 Å². The summed E-state index contributed by atoms with van der Waals surface area (Å²) in [6.07, 6.45) is 7.49. The predicted molar refractivity (Wildman–Crippen MR) is 68.7 cm³/mol. The summed E-state index contributed by atoms with van der Waals surface area (Å²) in [6, 6.07) is 0. The normalized spacial score (nSPS) is 32.6. The van der Waals surface area contributed by atoms with Crippen LogP contribution in [0.4, 0.5) is 0 Å². The molecule has 1 heterocycles. The number of nitrogens with zero attached hydrogens (tertiary/aromatic N) is 2. The van der Waals surface area contributed by atoms with Gasteiger partial charge in [0.15, 0.2) is 0 Å². The SMILES string of the molecule is CC1CC(C)(C)CCC1(O)Cc1nccn1C. The Morgan fingerprint density at radius 1 is 1.47 bits per heavy atom.